The van der Waals surface area contributed by atoms with E-state index in [2.05, 4.69) is 50.1 Å². The van der Waals surface area contributed by atoms with Crippen molar-refractivity contribution in [3.05, 3.63) is 83.4 Å². The van der Waals surface area contributed by atoms with Crippen LogP contribution in [0.5, 0.6) is 0 Å². The second-order valence-corrected chi connectivity index (χ2v) is 8.85. The SMILES string of the molecule is CCC(C)(C)c1ccc(CS(=O)Cc2ccn(-c3ccc(F)cc3)n2)cc1. The third kappa shape index (κ3) is 4.92. The molecule has 0 aliphatic carbocycles. The summed E-state index contributed by atoms with van der Waals surface area (Å²) in [5, 5.41) is 4.45. The summed E-state index contributed by atoms with van der Waals surface area (Å²) in [6, 6.07) is 16.4. The van der Waals surface area contributed by atoms with Crippen LogP contribution < -0.4 is 0 Å². The lowest BCUT2D eigenvalue weighted by Gasteiger charge is -2.23. The lowest BCUT2D eigenvalue weighted by molar-refractivity contribution is 0.506. The van der Waals surface area contributed by atoms with Crippen LogP contribution in [0.3, 0.4) is 0 Å². The number of benzene rings is 2. The highest BCUT2D eigenvalue weighted by molar-refractivity contribution is 7.83. The minimum absolute atomic E-state index is 0.158. The van der Waals surface area contributed by atoms with Crippen molar-refractivity contribution < 1.29 is 8.60 Å². The second kappa shape index (κ2) is 8.17. The molecular formula is C22H25FN2OS. The van der Waals surface area contributed by atoms with Gasteiger partial charge in [0.1, 0.15) is 5.82 Å². The molecule has 142 valence electrons. The number of halogens is 1. The van der Waals surface area contributed by atoms with Gasteiger partial charge in [-0.1, -0.05) is 45.0 Å². The Labute approximate surface area is 162 Å². The monoisotopic (exact) mass is 384 g/mol. The van der Waals surface area contributed by atoms with E-state index in [0.29, 0.717) is 11.5 Å². The van der Waals surface area contributed by atoms with E-state index in [1.807, 2.05) is 6.07 Å². The molecule has 1 atom stereocenters. The first kappa shape index (κ1) is 19.5. The maximum atomic E-state index is 13.0. The van der Waals surface area contributed by atoms with Crippen molar-refractivity contribution in [3.8, 4) is 5.69 Å². The summed E-state index contributed by atoms with van der Waals surface area (Å²) >= 11 is 0. The lowest BCUT2D eigenvalue weighted by atomic mass is 9.82. The minimum Gasteiger partial charge on any atom is -0.259 e. The largest absolute Gasteiger partial charge is 0.259 e. The quantitative estimate of drug-likeness (QED) is 0.565. The summed E-state index contributed by atoms with van der Waals surface area (Å²) in [6.07, 6.45) is 2.89. The Morgan fingerprint density at radius 3 is 2.30 bits per heavy atom. The fourth-order valence-electron chi connectivity index (χ4n) is 2.83. The zero-order valence-electron chi connectivity index (χ0n) is 16.0. The van der Waals surface area contributed by atoms with Crippen molar-refractivity contribution in [2.45, 2.75) is 44.1 Å². The van der Waals surface area contributed by atoms with E-state index in [9.17, 15) is 8.60 Å². The Balaban J connectivity index is 1.62. The molecule has 3 nitrogen and oxygen atoms in total. The smallest absolute Gasteiger partial charge is 0.123 e. The van der Waals surface area contributed by atoms with Gasteiger partial charge < -0.3 is 0 Å². The first-order valence-electron chi connectivity index (χ1n) is 9.12. The molecule has 0 N–H and O–H groups in total. The molecular weight excluding hydrogens is 359 g/mol. The average Bonchev–Trinajstić information content (AvgIpc) is 3.11. The van der Waals surface area contributed by atoms with Gasteiger partial charge in [-0.25, -0.2) is 9.07 Å². The van der Waals surface area contributed by atoms with E-state index in [4.69, 9.17) is 0 Å². The number of hydrogen-bond acceptors (Lipinski definition) is 2. The van der Waals surface area contributed by atoms with Gasteiger partial charge in [-0.2, -0.15) is 5.10 Å². The minimum atomic E-state index is -1.03. The normalized spacial score (nSPS) is 12.9. The van der Waals surface area contributed by atoms with E-state index in [0.717, 1.165) is 23.4 Å². The zero-order chi connectivity index (χ0) is 19.4. The molecule has 2 aromatic carbocycles. The molecule has 0 radical (unpaired) electrons. The summed E-state index contributed by atoms with van der Waals surface area (Å²) in [5.41, 5.74) is 4.08. The Hall–Kier alpha value is -2.27. The molecule has 3 aromatic rings. The summed E-state index contributed by atoms with van der Waals surface area (Å²) in [5.74, 6) is 0.632. The summed E-state index contributed by atoms with van der Waals surface area (Å²) in [7, 11) is -1.03. The number of aromatic nitrogens is 2. The molecule has 0 bridgehead atoms. The molecule has 0 saturated heterocycles. The van der Waals surface area contributed by atoms with Crippen LogP contribution in [0.2, 0.25) is 0 Å². The molecule has 1 unspecified atom stereocenters. The van der Waals surface area contributed by atoms with Crippen LogP contribution in [0.15, 0.2) is 60.8 Å². The van der Waals surface area contributed by atoms with Crippen molar-refractivity contribution in [2.75, 3.05) is 0 Å². The topological polar surface area (TPSA) is 34.9 Å². The third-order valence-corrected chi connectivity index (χ3v) is 6.26. The van der Waals surface area contributed by atoms with Crippen LogP contribution in [0.4, 0.5) is 4.39 Å². The summed E-state index contributed by atoms with van der Waals surface area (Å²) in [6.45, 7) is 6.66. The maximum absolute atomic E-state index is 13.0. The molecule has 27 heavy (non-hydrogen) atoms. The molecule has 5 heteroatoms. The Morgan fingerprint density at radius 2 is 1.67 bits per heavy atom. The maximum Gasteiger partial charge on any atom is 0.123 e. The van der Waals surface area contributed by atoms with Crippen molar-refractivity contribution >= 4 is 10.8 Å². The van der Waals surface area contributed by atoms with Crippen molar-refractivity contribution in [2.24, 2.45) is 0 Å². The molecule has 1 heterocycles. The van der Waals surface area contributed by atoms with Gasteiger partial charge in [0.2, 0.25) is 0 Å². The van der Waals surface area contributed by atoms with Gasteiger partial charge >= 0.3 is 0 Å². The third-order valence-electron chi connectivity index (χ3n) is 4.99. The van der Waals surface area contributed by atoms with Gasteiger partial charge in [0, 0.05) is 22.7 Å². The van der Waals surface area contributed by atoms with E-state index in [1.165, 1.54) is 17.7 Å². The van der Waals surface area contributed by atoms with Gasteiger partial charge in [0.25, 0.3) is 0 Å². The molecule has 0 saturated carbocycles. The molecule has 0 aliphatic heterocycles. The molecule has 3 rings (SSSR count). The first-order valence-corrected chi connectivity index (χ1v) is 10.6. The van der Waals surface area contributed by atoms with Crippen molar-refractivity contribution in [1.29, 1.82) is 0 Å². The van der Waals surface area contributed by atoms with Crippen LogP contribution >= 0.6 is 0 Å². The van der Waals surface area contributed by atoms with Crippen LogP contribution in [-0.2, 0) is 27.7 Å². The highest BCUT2D eigenvalue weighted by atomic mass is 32.2. The Kier molecular flexibility index (Phi) is 5.90. The van der Waals surface area contributed by atoms with E-state index < -0.39 is 10.8 Å². The molecule has 0 spiro atoms. The fraction of sp³-hybridized carbons (Fsp3) is 0.318. The van der Waals surface area contributed by atoms with Crippen molar-refractivity contribution in [3.63, 3.8) is 0 Å². The van der Waals surface area contributed by atoms with Crippen LogP contribution in [0, 0.1) is 5.82 Å². The van der Waals surface area contributed by atoms with Crippen molar-refractivity contribution in [1.82, 2.24) is 9.78 Å². The summed E-state index contributed by atoms with van der Waals surface area (Å²) in [4.78, 5) is 0. The number of nitrogens with zero attached hydrogens (tertiary/aromatic N) is 2. The van der Waals surface area contributed by atoms with E-state index >= 15 is 0 Å². The van der Waals surface area contributed by atoms with Gasteiger partial charge in [0.15, 0.2) is 0 Å². The van der Waals surface area contributed by atoms with Crippen LogP contribution in [-0.4, -0.2) is 14.0 Å². The fourth-order valence-corrected chi connectivity index (χ4v) is 3.98. The molecule has 0 fully saturated rings. The van der Waals surface area contributed by atoms with Crippen LogP contribution in [0.1, 0.15) is 44.0 Å². The van der Waals surface area contributed by atoms with E-state index in [1.54, 1.807) is 23.0 Å². The second-order valence-electron chi connectivity index (χ2n) is 7.39. The predicted octanol–water partition coefficient (Wildman–Crippen LogP) is 5.15. The van der Waals surface area contributed by atoms with E-state index in [-0.39, 0.29) is 11.2 Å². The standard InChI is InChI=1S/C22H25FN2OS/c1-4-22(2,3)18-7-5-17(6-8-18)15-27(26)16-20-13-14-25(24-20)21-11-9-19(23)10-12-21/h5-14H,4,15-16H2,1-3H3. The summed E-state index contributed by atoms with van der Waals surface area (Å²) < 4.78 is 27.2. The number of hydrogen-bond donors (Lipinski definition) is 0. The highest BCUT2D eigenvalue weighted by Crippen LogP contribution is 2.26. The Bertz CT molecular complexity index is 914. The molecule has 1 aromatic heterocycles. The molecule has 0 aliphatic rings. The predicted molar refractivity (Wildman–Crippen MR) is 109 cm³/mol. The Morgan fingerprint density at radius 1 is 1.00 bits per heavy atom. The van der Waals surface area contributed by atoms with Gasteiger partial charge in [0.05, 0.1) is 17.1 Å². The molecule has 0 amide bonds. The highest BCUT2D eigenvalue weighted by Gasteiger charge is 2.17. The van der Waals surface area contributed by atoms with Gasteiger partial charge in [-0.15, -0.1) is 0 Å². The zero-order valence-corrected chi connectivity index (χ0v) is 16.8. The lowest BCUT2D eigenvalue weighted by Crippen LogP contribution is -2.15. The average molecular weight is 385 g/mol. The first-order chi connectivity index (χ1) is 12.9. The number of rotatable bonds is 7. The van der Waals surface area contributed by atoms with Gasteiger partial charge in [-0.05, 0) is 53.3 Å². The van der Waals surface area contributed by atoms with Crippen LogP contribution in [0.25, 0.3) is 5.69 Å². The van der Waals surface area contributed by atoms with Gasteiger partial charge in [-0.3, -0.25) is 4.21 Å².